The molecule has 3 amide bonds. The summed E-state index contributed by atoms with van der Waals surface area (Å²) in [6.07, 6.45) is 8.78. The number of phenolic OH excluding ortho intramolecular Hbond substituents is 1. The number of para-hydroxylation sites is 1. The Bertz CT molecular complexity index is 2630. The van der Waals surface area contributed by atoms with Crippen molar-refractivity contribution >= 4 is 62.8 Å². The number of aliphatic hydroxyl groups is 1. The van der Waals surface area contributed by atoms with E-state index in [1.807, 2.05) is 102 Å². The lowest BCUT2D eigenvalue weighted by Gasteiger charge is -2.40. The number of aryl methyl sites for hydroxylation is 1. The molecule has 21 heteroatoms. The molecule has 0 radical (unpaired) electrons. The van der Waals surface area contributed by atoms with E-state index in [0.29, 0.717) is 59.6 Å². The molecule has 2 unspecified atom stereocenters. The van der Waals surface area contributed by atoms with Gasteiger partial charge in [-0.05, 0) is 113 Å². The first-order valence-corrected chi connectivity index (χ1v) is 33.3. The Kier molecular flexibility index (Phi) is 32.0. The molecule has 466 valence electrons. The van der Waals surface area contributed by atoms with E-state index in [0.717, 1.165) is 88.7 Å². The maximum Gasteiger partial charge on any atom is 0.415 e. The number of carbonyl (C=O) groups excluding carboxylic acids is 3. The summed E-state index contributed by atoms with van der Waals surface area (Å²) in [5, 5.41) is 35.9. The number of carbonyl (C=O) groups is 3. The van der Waals surface area contributed by atoms with Crippen LogP contribution < -0.4 is 19.9 Å². The zero-order valence-corrected chi connectivity index (χ0v) is 54.9. The molecule has 3 atom stereocenters. The van der Waals surface area contributed by atoms with E-state index >= 15 is 0 Å². The largest absolute Gasteiger partial charge is 0.507 e. The van der Waals surface area contributed by atoms with Crippen LogP contribution in [0.2, 0.25) is 0 Å². The second kappa shape index (κ2) is 37.9. The van der Waals surface area contributed by atoms with E-state index in [9.17, 15) is 24.6 Å². The minimum absolute atomic E-state index is 0.0455. The molecule has 0 spiro atoms. The van der Waals surface area contributed by atoms with Gasteiger partial charge in [0.05, 0.1) is 44.4 Å². The van der Waals surface area contributed by atoms with E-state index in [1.54, 1.807) is 52.3 Å². The van der Waals surface area contributed by atoms with E-state index in [1.165, 1.54) is 53.7 Å². The molecule has 3 saturated heterocycles. The van der Waals surface area contributed by atoms with Crippen molar-refractivity contribution < 1.29 is 38.6 Å². The van der Waals surface area contributed by atoms with Crippen LogP contribution in [0.5, 0.6) is 11.6 Å². The van der Waals surface area contributed by atoms with Crippen LogP contribution in [-0.4, -0.2) is 165 Å². The number of phenols is 1. The smallest absolute Gasteiger partial charge is 0.415 e. The van der Waals surface area contributed by atoms with Crippen LogP contribution in [0, 0.1) is 18.8 Å². The Labute approximate surface area is 513 Å². The number of nitrogens with one attached hydrogen (secondary N) is 1. The van der Waals surface area contributed by atoms with Crippen molar-refractivity contribution in [3.8, 4) is 33.3 Å². The number of nitrogens with zero attached hydrogens (tertiary/aromatic N) is 9. The highest BCUT2D eigenvalue weighted by molar-refractivity contribution is 8.77. The molecule has 5 aromatic rings. The predicted molar refractivity (Wildman–Crippen MR) is 346 cm³/mol. The van der Waals surface area contributed by atoms with Crippen molar-refractivity contribution in [2.75, 3.05) is 95.5 Å². The molecular formula is C63H98N10O8S3. The lowest BCUT2D eigenvalue weighted by molar-refractivity contribution is -0.131. The number of likely N-dealkylation sites (tertiary alicyclic amines) is 2. The number of thiazole rings is 1. The number of hydrogen-bond donors (Lipinski definition) is 3. The third kappa shape index (κ3) is 23.8. The third-order valence-electron chi connectivity index (χ3n) is 14.3. The van der Waals surface area contributed by atoms with Gasteiger partial charge in [0, 0.05) is 82.7 Å². The summed E-state index contributed by atoms with van der Waals surface area (Å²) in [6.45, 7) is 34.4. The highest BCUT2D eigenvalue weighted by Gasteiger charge is 2.30. The molecular weight excluding hydrogens is 1120 g/mol. The van der Waals surface area contributed by atoms with Crippen LogP contribution in [0.3, 0.4) is 0 Å². The summed E-state index contributed by atoms with van der Waals surface area (Å²) in [7, 11) is 5.33. The second-order valence-electron chi connectivity index (χ2n) is 22.0. The highest BCUT2D eigenvalue weighted by Crippen LogP contribution is 2.41. The Morgan fingerprint density at radius 1 is 0.940 bits per heavy atom. The first-order valence-electron chi connectivity index (χ1n) is 30.2. The predicted octanol–water partition coefficient (Wildman–Crippen LogP) is 12.7. The van der Waals surface area contributed by atoms with Gasteiger partial charge in [-0.3, -0.25) is 24.3 Å². The van der Waals surface area contributed by atoms with E-state index < -0.39 is 6.09 Å². The zero-order valence-electron chi connectivity index (χ0n) is 52.4. The number of aromatic nitrogens is 4. The van der Waals surface area contributed by atoms with E-state index in [2.05, 4.69) is 80.2 Å². The van der Waals surface area contributed by atoms with Gasteiger partial charge >= 0.3 is 6.09 Å². The average molecular weight is 1220 g/mol. The number of unbranched alkanes of at least 4 members (excludes halogenated alkanes) is 1. The number of rotatable bonds is 23. The Hall–Kier alpha value is -5.45. The fraction of sp³-hybridized carbons (Fsp3) is 0.603. The molecule has 3 aliphatic heterocycles. The standard InChI is InChI=1S/C37H55N7O5S2.C13H14N2OS.C9H17NO2.2C2H6/c1-6-7-10-28(2)50-51-37(3,4)27-48-36(46)41(5)35-32(25-31(38-39-35)30-11-8-9-12-33(30)45)44-20-18-43(19-21-44)26-29-13-16-42(17-14-29)22-24-47-34-15-23-49-40-34;1-9(14-7-16)11-3-5-12(6-4-11)13-10(2)15-8-17-13;1-7(2)5-9(12)10-4-3-8(11)6-10;2*1-2/h8-9,11-12,15,23,25,28-29,45H,6-7,10,13-14,16-22,24,26-27H2,1-5H3;3-9H,1-2H3,(H,14,16);7-8,11H,3-6H2,1-2H3;2*1-2H3/t;9-;;;/m.0.../s1. The first kappa shape index (κ1) is 71.0. The minimum atomic E-state index is -0.465. The summed E-state index contributed by atoms with van der Waals surface area (Å²) in [4.78, 5) is 51.2. The summed E-state index contributed by atoms with van der Waals surface area (Å²) in [5.41, 5.74) is 7.15. The normalized spacial score (nSPS) is 16.3. The minimum Gasteiger partial charge on any atom is -0.507 e. The lowest BCUT2D eigenvalue weighted by Crippen LogP contribution is -2.49. The number of aliphatic hydroxyl groups excluding tert-OH is 1. The maximum atomic E-state index is 13.5. The number of anilines is 2. The molecule has 8 rings (SSSR count). The van der Waals surface area contributed by atoms with Crippen LogP contribution in [0.1, 0.15) is 138 Å². The van der Waals surface area contributed by atoms with Crippen molar-refractivity contribution in [3.63, 3.8) is 0 Å². The van der Waals surface area contributed by atoms with Gasteiger partial charge in [-0.2, -0.15) is 0 Å². The molecule has 84 heavy (non-hydrogen) atoms. The van der Waals surface area contributed by atoms with Crippen molar-refractivity contribution in [1.82, 2.24) is 40.4 Å². The highest BCUT2D eigenvalue weighted by atomic mass is 33.1. The van der Waals surface area contributed by atoms with Gasteiger partial charge < -0.3 is 39.3 Å². The van der Waals surface area contributed by atoms with Crippen molar-refractivity contribution in [3.05, 3.63) is 83.7 Å². The molecule has 0 bridgehead atoms. The molecule has 3 aliphatic rings. The third-order valence-corrected chi connectivity index (χ3v) is 19.2. The number of amides is 3. The summed E-state index contributed by atoms with van der Waals surface area (Å²) in [6, 6.07) is 19.1. The van der Waals surface area contributed by atoms with Crippen LogP contribution in [-0.2, 0) is 14.3 Å². The average Bonchev–Trinajstić information content (AvgIpc) is 4.46. The topological polar surface area (TPSA) is 203 Å². The van der Waals surface area contributed by atoms with Crippen molar-refractivity contribution in [2.45, 2.75) is 150 Å². The zero-order chi connectivity index (χ0) is 61.6. The quantitative estimate of drug-likeness (QED) is 0.0411. The molecule has 0 saturated carbocycles. The van der Waals surface area contributed by atoms with Crippen molar-refractivity contribution in [2.24, 2.45) is 11.8 Å². The molecule has 3 fully saturated rings. The molecule has 3 N–H and O–H groups in total. The number of hydrogen-bond acceptors (Lipinski definition) is 18. The molecule has 18 nitrogen and oxygen atoms in total. The van der Waals surface area contributed by atoms with Gasteiger partial charge in [-0.1, -0.05) is 126 Å². The van der Waals surface area contributed by atoms with Gasteiger partial charge in [-0.15, -0.1) is 21.5 Å². The number of benzene rings is 2. The molecule has 0 aliphatic carbocycles. The van der Waals surface area contributed by atoms with Gasteiger partial charge in [0.1, 0.15) is 25.2 Å². The van der Waals surface area contributed by atoms with E-state index in [-0.39, 0.29) is 35.2 Å². The fourth-order valence-corrected chi connectivity index (χ4v) is 12.8. The Balaban J connectivity index is 0.000000370. The number of aromatic hydroxyl groups is 1. The Morgan fingerprint density at radius 2 is 1.64 bits per heavy atom. The van der Waals surface area contributed by atoms with E-state index in [4.69, 9.17) is 14.0 Å². The summed E-state index contributed by atoms with van der Waals surface area (Å²) in [5.74, 6) is 2.38. The van der Waals surface area contributed by atoms with Crippen LogP contribution in [0.25, 0.3) is 21.7 Å². The summed E-state index contributed by atoms with van der Waals surface area (Å²) >= 11 is 1.64. The SMILES string of the molecule is CC.CC.CC(C)CC(=O)N1CCC(O)C1.CCCCC(C)SSC(C)(C)COC(=O)N(C)c1nnc(-c2ccccc2O)cc1N1CCN(CC2CCN(CCOc3ccon3)CC2)CC1.Cc1ncsc1-c1ccc([C@H](C)NC=O)cc1. The molecule has 3 aromatic heterocycles. The first-order chi connectivity index (χ1) is 40.4. The van der Waals surface area contributed by atoms with Crippen LogP contribution in [0.15, 0.2) is 77.0 Å². The number of piperidine rings is 1. The lowest BCUT2D eigenvalue weighted by atomic mass is 9.96. The van der Waals surface area contributed by atoms with Gasteiger partial charge in [0.15, 0.2) is 5.82 Å². The maximum absolute atomic E-state index is 13.5. The number of β-amino-alcohol motifs (C(OH)–C–C–N with tert-alkyl or cyclic N) is 1. The number of ether oxygens (including phenoxy) is 2. The van der Waals surface area contributed by atoms with Crippen LogP contribution >= 0.6 is 32.9 Å². The summed E-state index contributed by atoms with van der Waals surface area (Å²) < 4.78 is 16.1. The monoisotopic (exact) mass is 1220 g/mol. The van der Waals surface area contributed by atoms with Gasteiger partial charge in [0.2, 0.25) is 12.3 Å². The second-order valence-corrected chi connectivity index (χ2v) is 26.2. The van der Waals surface area contributed by atoms with Gasteiger partial charge in [-0.25, -0.2) is 9.78 Å². The molecule has 2 aromatic carbocycles. The number of piperazine rings is 1. The fourth-order valence-electron chi connectivity index (χ4n) is 9.50. The van der Waals surface area contributed by atoms with Crippen molar-refractivity contribution in [1.29, 1.82) is 0 Å². The Morgan fingerprint density at radius 3 is 2.24 bits per heavy atom. The molecule has 6 heterocycles. The van der Waals surface area contributed by atoms with Gasteiger partial charge in [0.25, 0.3) is 5.88 Å². The van der Waals surface area contributed by atoms with Crippen LogP contribution in [0.4, 0.5) is 16.3 Å².